The van der Waals surface area contributed by atoms with Gasteiger partial charge < -0.3 is 4.90 Å². The van der Waals surface area contributed by atoms with Crippen LogP contribution in [0.25, 0.3) is 10.8 Å². The van der Waals surface area contributed by atoms with Gasteiger partial charge in [-0.25, -0.2) is 4.98 Å². The zero-order valence-electron chi connectivity index (χ0n) is 10.8. The minimum Gasteiger partial charge on any atom is -0.319 e. The third-order valence-electron chi connectivity index (χ3n) is 3.15. The molecule has 3 rings (SSSR count). The maximum absolute atomic E-state index is 12.4. The molecule has 6 nitrogen and oxygen atoms in total. The van der Waals surface area contributed by atoms with Crippen molar-refractivity contribution in [2.75, 3.05) is 13.1 Å². The summed E-state index contributed by atoms with van der Waals surface area (Å²) in [5.74, 6) is -1.51. The standard InChI is InChI=1S/C14H10ClN3O3/c15-13-9-4-2-1-3-8(9)5-10(16-13)14(21)18-6-11(19)17-12(20)7-18/h1-5H,6-7H2,(H,17,19,20). The van der Waals surface area contributed by atoms with E-state index in [2.05, 4.69) is 10.3 Å². The molecule has 1 fully saturated rings. The molecule has 106 valence electrons. The zero-order chi connectivity index (χ0) is 15.0. The lowest BCUT2D eigenvalue weighted by Gasteiger charge is -2.25. The molecule has 0 radical (unpaired) electrons. The van der Waals surface area contributed by atoms with Gasteiger partial charge in [0.25, 0.3) is 5.91 Å². The number of benzene rings is 1. The molecule has 1 N–H and O–H groups in total. The van der Waals surface area contributed by atoms with Crippen LogP contribution in [0.5, 0.6) is 0 Å². The average molecular weight is 304 g/mol. The summed E-state index contributed by atoms with van der Waals surface area (Å²) in [6.45, 7) is -0.340. The third kappa shape index (κ3) is 2.57. The van der Waals surface area contributed by atoms with Crippen molar-refractivity contribution in [1.82, 2.24) is 15.2 Å². The van der Waals surface area contributed by atoms with Crippen LogP contribution in [0, 0.1) is 0 Å². The molecule has 0 atom stereocenters. The van der Waals surface area contributed by atoms with E-state index in [0.29, 0.717) is 0 Å². The number of hydrogen-bond acceptors (Lipinski definition) is 4. The molecule has 0 bridgehead atoms. The van der Waals surface area contributed by atoms with Crippen LogP contribution in [0.2, 0.25) is 5.15 Å². The summed E-state index contributed by atoms with van der Waals surface area (Å²) < 4.78 is 0. The topological polar surface area (TPSA) is 79.4 Å². The number of halogens is 1. The molecule has 0 aliphatic carbocycles. The molecular formula is C14H10ClN3O3. The van der Waals surface area contributed by atoms with Crippen molar-refractivity contribution in [3.8, 4) is 0 Å². The Morgan fingerprint density at radius 2 is 1.86 bits per heavy atom. The van der Waals surface area contributed by atoms with Crippen LogP contribution in [0.3, 0.4) is 0 Å². The predicted molar refractivity (Wildman–Crippen MR) is 75.8 cm³/mol. The second kappa shape index (κ2) is 5.14. The summed E-state index contributed by atoms with van der Waals surface area (Å²) in [4.78, 5) is 40.2. The highest BCUT2D eigenvalue weighted by atomic mass is 35.5. The van der Waals surface area contributed by atoms with Crippen LogP contribution in [-0.2, 0) is 9.59 Å². The van der Waals surface area contributed by atoms with Crippen LogP contribution in [-0.4, -0.2) is 40.7 Å². The number of nitrogens with zero attached hydrogens (tertiary/aromatic N) is 2. The van der Waals surface area contributed by atoms with Crippen molar-refractivity contribution < 1.29 is 14.4 Å². The fraction of sp³-hybridized carbons (Fsp3) is 0.143. The van der Waals surface area contributed by atoms with Crippen molar-refractivity contribution in [3.63, 3.8) is 0 Å². The molecule has 0 saturated carbocycles. The Labute approximate surface area is 124 Å². The first-order valence-electron chi connectivity index (χ1n) is 6.22. The van der Waals surface area contributed by atoms with E-state index < -0.39 is 17.7 Å². The SMILES string of the molecule is O=C1CN(C(=O)c2cc3ccccc3c(Cl)n2)CC(=O)N1. The Morgan fingerprint density at radius 1 is 1.19 bits per heavy atom. The van der Waals surface area contributed by atoms with Crippen molar-refractivity contribution in [2.45, 2.75) is 0 Å². The van der Waals surface area contributed by atoms with Gasteiger partial charge in [0.15, 0.2) is 0 Å². The second-order valence-corrected chi connectivity index (χ2v) is 5.01. The number of pyridine rings is 1. The number of nitrogens with one attached hydrogen (secondary N) is 1. The van der Waals surface area contributed by atoms with Crippen LogP contribution >= 0.6 is 11.6 Å². The first-order valence-corrected chi connectivity index (χ1v) is 6.59. The van der Waals surface area contributed by atoms with Gasteiger partial charge in [-0.1, -0.05) is 35.9 Å². The Bertz CT molecular complexity index is 759. The number of hydrogen-bond donors (Lipinski definition) is 1. The summed E-state index contributed by atoms with van der Waals surface area (Å²) in [6, 6.07) is 8.86. The van der Waals surface area contributed by atoms with Crippen LogP contribution in [0.1, 0.15) is 10.5 Å². The number of aromatic nitrogens is 1. The Balaban J connectivity index is 1.98. The van der Waals surface area contributed by atoms with Crippen LogP contribution in [0.15, 0.2) is 30.3 Å². The van der Waals surface area contributed by atoms with E-state index in [9.17, 15) is 14.4 Å². The average Bonchev–Trinajstić information content (AvgIpc) is 2.45. The molecule has 1 aliphatic rings. The molecule has 3 amide bonds. The van der Waals surface area contributed by atoms with Crippen molar-refractivity contribution >= 4 is 40.1 Å². The van der Waals surface area contributed by atoms with Gasteiger partial charge in [0.1, 0.15) is 23.9 Å². The van der Waals surface area contributed by atoms with E-state index in [1.54, 1.807) is 12.1 Å². The number of rotatable bonds is 1. The van der Waals surface area contributed by atoms with Crippen molar-refractivity contribution in [3.05, 3.63) is 41.2 Å². The molecule has 21 heavy (non-hydrogen) atoms. The first-order chi connectivity index (χ1) is 10.0. The fourth-order valence-corrected chi connectivity index (χ4v) is 2.47. The quantitative estimate of drug-likeness (QED) is 0.629. The van der Waals surface area contributed by atoms with Gasteiger partial charge in [-0.2, -0.15) is 0 Å². The fourth-order valence-electron chi connectivity index (χ4n) is 2.21. The van der Waals surface area contributed by atoms with Gasteiger partial charge in [0.05, 0.1) is 0 Å². The highest BCUT2D eigenvalue weighted by molar-refractivity contribution is 6.34. The molecule has 1 aliphatic heterocycles. The summed E-state index contributed by atoms with van der Waals surface area (Å²) >= 11 is 6.07. The van der Waals surface area contributed by atoms with Crippen molar-refractivity contribution in [2.24, 2.45) is 0 Å². The highest BCUT2D eigenvalue weighted by Crippen LogP contribution is 2.23. The van der Waals surface area contributed by atoms with E-state index in [1.807, 2.05) is 18.2 Å². The molecular weight excluding hydrogens is 294 g/mol. The number of amides is 3. The molecule has 1 aromatic carbocycles. The summed E-state index contributed by atoms with van der Waals surface area (Å²) in [6.07, 6.45) is 0. The van der Waals surface area contributed by atoms with Crippen molar-refractivity contribution in [1.29, 1.82) is 0 Å². The smallest absolute Gasteiger partial charge is 0.273 e. The van der Waals surface area contributed by atoms with E-state index in [1.165, 1.54) is 0 Å². The third-order valence-corrected chi connectivity index (χ3v) is 3.44. The van der Waals surface area contributed by atoms with Gasteiger partial charge in [-0.3, -0.25) is 19.7 Å². The first kappa shape index (κ1) is 13.5. The Kier molecular flexibility index (Phi) is 3.31. The van der Waals surface area contributed by atoms with Gasteiger partial charge in [-0.15, -0.1) is 0 Å². The lowest BCUT2D eigenvalue weighted by Crippen LogP contribution is -2.53. The van der Waals surface area contributed by atoms with Gasteiger partial charge >= 0.3 is 0 Å². The summed E-state index contributed by atoms with van der Waals surface area (Å²) in [5, 5.41) is 3.86. The Morgan fingerprint density at radius 3 is 2.57 bits per heavy atom. The highest BCUT2D eigenvalue weighted by Gasteiger charge is 2.28. The lowest BCUT2D eigenvalue weighted by molar-refractivity contribution is -0.135. The Hall–Kier alpha value is -2.47. The van der Waals surface area contributed by atoms with Gasteiger partial charge in [-0.05, 0) is 11.5 Å². The van der Waals surface area contributed by atoms with Crippen LogP contribution < -0.4 is 5.32 Å². The summed E-state index contributed by atoms with van der Waals surface area (Å²) in [7, 11) is 0. The minimum atomic E-state index is -0.508. The molecule has 2 aromatic rings. The molecule has 2 heterocycles. The molecule has 1 saturated heterocycles. The number of fused-ring (bicyclic) bond motifs is 1. The van der Waals surface area contributed by atoms with E-state index >= 15 is 0 Å². The molecule has 1 aromatic heterocycles. The molecule has 7 heteroatoms. The number of imide groups is 1. The number of carbonyl (C=O) groups excluding carboxylic acids is 3. The largest absolute Gasteiger partial charge is 0.319 e. The molecule has 0 spiro atoms. The van der Waals surface area contributed by atoms with E-state index in [0.717, 1.165) is 15.7 Å². The minimum absolute atomic E-state index is 0.112. The number of carbonyl (C=O) groups is 3. The van der Waals surface area contributed by atoms with E-state index in [-0.39, 0.29) is 23.9 Å². The molecule has 0 unspecified atom stereocenters. The van der Waals surface area contributed by atoms with Crippen LogP contribution in [0.4, 0.5) is 0 Å². The monoisotopic (exact) mass is 303 g/mol. The van der Waals surface area contributed by atoms with Gasteiger partial charge in [0, 0.05) is 5.39 Å². The second-order valence-electron chi connectivity index (χ2n) is 4.65. The predicted octanol–water partition coefficient (Wildman–Crippen LogP) is 0.987. The van der Waals surface area contributed by atoms with E-state index in [4.69, 9.17) is 11.6 Å². The maximum atomic E-state index is 12.4. The summed E-state index contributed by atoms with van der Waals surface area (Å²) in [5.41, 5.74) is 0.112. The maximum Gasteiger partial charge on any atom is 0.273 e. The number of piperazine rings is 1. The lowest BCUT2D eigenvalue weighted by atomic mass is 10.1. The zero-order valence-corrected chi connectivity index (χ0v) is 11.6. The van der Waals surface area contributed by atoms with Gasteiger partial charge in [0.2, 0.25) is 11.8 Å². The normalized spacial score (nSPS) is 15.2.